The Bertz CT molecular complexity index is 185. The number of hydrogen-bond donors (Lipinski definition) is 0. The van der Waals surface area contributed by atoms with Crippen LogP contribution in [0, 0.1) is 11.8 Å². The van der Waals surface area contributed by atoms with E-state index in [1.807, 2.05) is 11.8 Å². The van der Waals surface area contributed by atoms with Gasteiger partial charge in [-0.1, -0.05) is 32.3 Å². The standard InChI is InChI=1S/C12H22S/c1-5-13-12(9(2)3)10(4)8-11-6-7-11/h10-11H,5-8H2,1-4H3. The monoisotopic (exact) mass is 198 g/mol. The van der Waals surface area contributed by atoms with Crippen LogP contribution in [0.15, 0.2) is 10.5 Å². The summed E-state index contributed by atoms with van der Waals surface area (Å²) in [7, 11) is 0. The highest BCUT2D eigenvalue weighted by Crippen LogP contribution is 2.40. The van der Waals surface area contributed by atoms with E-state index in [0.29, 0.717) is 0 Å². The first kappa shape index (κ1) is 11.2. The van der Waals surface area contributed by atoms with Crippen LogP contribution >= 0.6 is 11.8 Å². The van der Waals surface area contributed by atoms with Gasteiger partial charge in [0.05, 0.1) is 0 Å². The summed E-state index contributed by atoms with van der Waals surface area (Å²) >= 11 is 2.04. The van der Waals surface area contributed by atoms with E-state index in [0.717, 1.165) is 11.8 Å². The Hall–Kier alpha value is 0.0900. The summed E-state index contributed by atoms with van der Waals surface area (Å²) in [6.07, 6.45) is 4.39. The molecule has 13 heavy (non-hydrogen) atoms. The van der Waals surface area contributed by atoms with Gasteiger partial charge in [0.25, 0.3) is 0 Å². The molecule has 0 nitrogen and oxygen atoms in total. The van der Waals surface area contributed by atoms with E-state index in [2.05, 4.69) is 27.7 Å². The van der Waals surface area contributed by atoms with Crippen molar-refractivity contribution in [1.29, 1.82) is 0 Å². The number of thioether (sulfide) groups is 1. The summed E-state index contributed by atoms with van der Waals surface area (Å²) in [5.74, 6) is 3.08. The molecule has 1 fully saturated rings. The molecule has 1 unspecified atom stereocenters. The zero-order chi connectivity index (χ0) is 9.84. The summed E-state index contributed by atoms with van der Waals surface area (Å²) in [5.41, 5.74) is 1.53. The zero-order valence-electron chi connectivity index (χ0n) is 9.39. The van der Waals surface area contributed by atoms with E-state index in [1.165, 1.54) is 30.6 Å². The van der Waals surface area contributed by atoms with Gasteiger partial charge in [-0.05, 0) is 42.8 Å². The van der Waals surface area contributed by atoms with Crippen LogP contribution in [0.1, 0.15) is 47.0 Å². The van der Waals surface area contributed by atoms with Crippen molar-refractivity contribution >= 4 is 11.8 Å². The molecule has 1 aliphatic carbocycles. The van der Waals surface area contributed by atoms with E-state index >= 15 is 0 Å². The molecular formula is C12H22S. The van der Waals surface area contributed by atoms with E-state index < -0.39 is 0 Å². The van der Waals surface area contributed by atoms with Crippen molar-refractivity contribution in [3.63, 3.8) is 0 Å². The van der Waals surface area contributed by atoms with Crippen molar-refractivity contribution in [2.45, 2.75) is 47.0 Å². The number of rotatable bonds is 5. The van der Waals surface area contributed by atoms with E-state index in [-0.39, 0.29) is 0 Å². The quantitative estimate of drug-likeness (QED) is 0.628. The first-order valence-corrected chi connectivity index (χ1v) is 6.43. The molecule has 0 amide bonds. The maximum atomic E-state index is 2.39. The molecule has 1 aliphatic rings. The van der Waals surface area contributed by atoms with Crippen molar-refractivity contribution in [3.05, 3.63) is 10.5 Å². The molecule has 1 heteroatoms. The third-order valence-corrected chi connectivity index (χ3v) is 4.03. The summed E-state index contributed by atoms with van der Waals surface area (Å²) in [6.45, 7) is 9.14. The summed E-state index contributed by atoms with van der Waals surface area (Å²) in [6, 6.07) is 0. The van der Waals surface area contributed by atoms with Crippen molar-refractivity contribution in [1.82, 2.24) is 0 Å². The molecule has 0 N–H and O–H groups in total. The van der Waals surface area contributed by atoms with Gasteiger partial charge in [-0.2, -0.15) is 0 Å². The molecule has 0 aromatic heterocycles. The second-order valence-electron chi connectivity index (χ2n) is 4.38. The van der Waals surface area contributed by atoms with Crippen LogP contribution < -0.4 is 0 Å². The molecule has 1 atom stereocenters. The first-order valence-electron chi connectivity index (χ1n) is 5.45. The predicted octanol–water partition coefficient (Wildman–Crippen LogP) is 4.47. The maximum Gasteiger partial charge on any atom is -0.00516 e. The lowest BCUT2D eigenvalue weighted by molar-refractivity contribution is 0.580. The summed E-state index contributed by atoms with van der Waals surface area (Å²) < 4.78 is 0. The average Bonchev–Trinajstić information content (AvgIpc) is 2.83. The molecular weight excluding hydrogens is 176 g/mol. The highest BCUT2D eigenvalue weighted by atomic mass is 32.2. The molecule has 0 heterocycles. The zero-order valence-corrected chi connectivity index (χ0v) is 10.2. The third-order valence-electron chi connectivity index (χ3n) is 2.62. The highest BCUT2D eigenvalue weighted by Gasteiger charge is 2.25. The molecule has 0 bridgehead atoms. The molecule has 0 aromatic carbocycles. The van der Waals surface area contributed by atoms with Crippen molar-refractivity contribution < 1.29 is 0 Å². The molecule has 0 spiro atoms. The Morgan fingerprint density at radius 3 is 2.38 bits per heavy atom. The Morgan fingerprint density at radius 1 is 1.38 bits per heavy atom. The molecule has 0 radical (unpaired) electrons. The normalized spacial score (nSPS) is 18.5. The summed E-state index contributed by atoms with van der Waals surface area (Å²) in [4.78, 5) is 1.65. The Morgan fingerprint density at radius 2 is 2.00 bits per heavy atom. The van der Waals surface area contributed by atoms with Gasteiger partial charge in [0, 0.05) is 0 Å². The molecule has 1 rings (SSSR count). The van der Waals surface area contributed by atoms with E-state index in [9.17, 15) is 0 Å². The Labute approximate surface area is 87.2 Å². The van der Waals surface area contributed by atoms with E-state index in [4.69, 9.17) is 0 Å². The largest absolute Gasteiger partial charge is 0.131 e. The lowest BCUT2D eigenvalue weighted by Gasteiger charge is -2.16. The molecule has 76 valence electrons. The van der Waals surface area contributed by atoms with Crippen molar-refractivity contribution in [3.8, 4) is 0 Å². The van der Waals surface area contributed by atoms with Crippen molar-refractivity contribution in [2.75, 3.05) is 5.75 Å². The van der Waals surface area contributed by atoms with Crippen LogP contribution in [0.2, 0.25) is 0 Å². The lowest BCUT2D eigenvalue weighted by atomic mass is 10.0. The maximum absolute atomic E-state index is 2.39. The van der Waals surface area contributed by atoms with Gasteiger partial charge in [0.1, 0.15) is 0 Å². The van der Waals surface area contributed by atoms with Crippen LogP contribution in [-0.2, 0) is 0 Å². The predicted molar refractivity (Wildman–Crippen MR) is 63.0 cm³/mol. The van der Waals surface area contributed by atoms with Gasteiger partial charge in [-0.15, -0.1) is 11.8 Å². The van der Waals surface area contributed by atoms with Gasteiger partial charge in [0.15, 0.2) is 0 Å². The Balaban J connectivity index is 2.47. The fourth-order valence-corrected chi connectivity index (χ4v) is 2.88. The lowest BCUT2D eigenvalue weighted by Crippen LogP contribution is -2.00. The fourth-order valence-electron chi connectivity index (χ4n) is 1.90. The minimum atomic E-state index is 0.808. The van der Waals surface area contributed by atoms with Crippen LogP contribution in [-0.4, -0.2) is 5.75 Å². The van der Waals surface area contributed by atoms with Gasteiger partial charge in [-0.25, -0.2) is 0 Å². The minimum Gasteiger partial charge on any atom is -0.131 e. The summed E-state index contributed by atoms with van der Waals surface area (Å²) in [5, 5.41) is 0. The first-order chi connectivity index (χ1) is 6.15. The number of allylic oxidation sites excluding steroid dienone is 2. The molecule has 1 saturated carbocycles. The van der Waals surface area contributed by atoms with Crippen LogP contribution in [0.25, 0.3) is 0 Å². The van der Waals surface area contributed by atoms with Crippen LogP contribution in [0.4, 0.5) is 0 Å². The molecule has 0 aromatic rings. The van der Waals surface area contributed by atoms with Crippen molar-refractivity contribution in [2.24, 2.45) is 11.8 Å². The Kier molecular flexibility index (Phi) is 4.37. The van der Waals surface area contributed by atoms with Gasteiger partial charge >= 0.3 is 0 Å². The van der Waals surface area contributed by atoms with Crippen LogP contribution in [0.5, 0.6) is 0 Å². The van der Waals surface area contributed by atoms with Gasteiger partial charge in [-0.3, -0.25) is 0 Å². The van der Waals surface area contributed by atoms with Gasteiger partial charge in [0.2, 0.25) is 0 Å². The fraction of sp³-hybridized carbons (Fsp3) is 0.833. The highest BCUT2D eigenvalue weighted by molar-refractivity contribution is 8.03. The molecule has 0 aliphatic heterocycles. The SMILES string of the molecule is CCSC(=C(C)C)C(C)CC1CC1. The van der Waals surface area contributed by atoms with Crippen LogP contribution in [0.3, 0.4) is 0 Å². The molecule has 0 saturated heterocycles. The number of hydrogen-bond acceptors (Lipinski definition) is 1. The van der Waals surface area contributed by atoms with E-state index in [1.54, 1.807) is 4.91 Å². The third kappa shape index (κ3) is 3.76. The second kappa shape index (κ2) is 5.09. The smallest absolute Gasteiger partial charge is 0.00516 e. The minimum absolute atomic E-state index is 0.808. The topological polar surface area (TPSA) is 0 Å². The van der Waals surface area contributed by atoms with Gasteiger partial charge < -0.3 is 0 Å². The average molecular weight is 198 g/mol. The second-order valence-corrected chi connectivity index (χ2v) is 5.68.